The second-order valence-electron chi connectivity index (χ2n) is 11.3. The molecule has 2 aliphatic heterocycles. The minimum absolute atomic E-state index is 0.0940. The minimum atomic E-state index is -0.0945. The quantitative estimate of drug-likeness (QED) is 0.291. The van der Waals surface area contributed by atoms with Gasteiger partial charge >= 0.3 is 0 Å². The summed E-state index contributed by atoms with van der Waals surface area (Å²) in [5.41, 5.74) is 6.89. The number of carbonyl (C=O) groups is 1. The van der Waals surface area contributed by atoms with Crippen LogP contribution in [0.5, 0.6) is 0 Å². The van der Waals surface area contributed by atoms with Crippen LogP contribution in [0.15, 0.2) is 70.8 Å². The molecule has 2 aromatic heterocycles. The van der Waals surface area contributed by atoms with Crippen molar-refractivity contribution in [2.75, 3.05) is 62.2 Å². The Morgan fingerprint density at radius 1 is 0.689 bits per heavy atom. The molecule has 11 nitrogen and oxygen atoms in total. The number of nitrogens with one attached hydrogen (secondary N) is 3. The average molecular weight is 613 g/mol. The summed E-state index contributed by atoms with van der Waals surface area (Å²) in [6.07, 6.45) is 3.82. The number of aromatic amines is 2. The summed E-state index contributed by atoms with van der Waals surface area (Å²) >= 11 is 0. The average Bonchev–Trinajstić information content (AvgIpc) is 3.04. The van der Waals surface area contributed by atoms with E-state index in [2.05, 4.69) is 72.0 Å². The Hall–Kier alpha value is -4.61. The van der Waals surface area contributed by atoms with Crippen molar-refractivity contribution in [3.63, 3.8) is 0 Å². The van der Waals surface area contributed by atoms with Crippen molar-refractivity contribution in [1.82, 2.24) is 30.2 Å². The van der Waals surface area contributed by atoms with E-state index in [0.29, 0.717) is 0 Å². The summed E-state index contributed by atoms with van der Waals surface area (Å²) in [7, 11) is 0. The lowest BCUT2D eigenvalue weighted by molar-refractivity contribution is 0.112. The summed E-state index contributed by atoms with van der Waals surface area (Å²) < 4.78 is 0. The van der Waals surface area contributed by atoms with Crippen LogP contribution in [0.4, 0.5) is 11.6 Å². The summed E-state index contributed by atoms with van der Waals surface area (Å²) in [6.45, 7) is 16.8. The number of anilines is 2. The van der Waals surface area contributed by atoms with E-state index in [1.165, 1.54) is 35.4 Å². The van der Waals surface area contributed by atoms with Crippen molar-refractivity contribution in [2.45, 2.75) is 34.2 Å². The molecule has 4 aromatic rings. The maximum absolute atomic E-state index is 11.4. The van der Waals surface area contributed by atoms with Gasteiger partial charge in [0.25, 0.3) is 11.1 Å². The van der Waals surface area contributed by atoms with E-state index in [-0.39, 0.29) is 11.1 Å². The fraction of sp³-hybridized carbons (Fsp3) is 0.382. The van der Waals surface area contributed by atoms with Crippen molar-refractivity contribution < 1.29 is 4.79 Å². The predicted octanol–water partition coefficient (Wildman–Crippen LogP) is 3.00. The van der Waals surface area contributed by atoms with Gasteiger partial charge in [0.1, 0.15) is 11.6 Å². The topological polar surface area (TPSA) is 130 Å². The van der Waals surface area contributed by atoms with Gasteiger partial charge < -0.3 is 25.1 Å². The molecular formula is C34H44N8O3. The monoisotopic (exact) mass is 612 g/mol. The molecule has 0 aliphatic carbocycles. The second kappa shape index (κ2) is 16.5. The molecule has 0 saturated carbocycles. The van der Waals surface area contributed by atoms with Crippen LogP contribution in [-0.2, 0) is 6.54 Å². The SMILES string of the molecule is Cc1cccc(C)c1C=O.Cc1cccc(C)c1CN1CCN(c2cc(=O)[nH]cn2)CC1.O=c1cc(N2CCNCC2)nc[nH]1. The molecule has 0 unspecified atom stereocenters. The summed E-state index contributed by atoms with van der Waals surface area (Å²) in [4.78, 5) is 53.0. The Morgan fingerprint density at radius 2 is 1.16 bits per heavy atom. The molecule has 0 bridgehead atoms. The number of piperazine rings is 2. The molecule has 6 rings (SSSR count). The second-order valence-corrected chi connectivity index (χ2v) is 11.3. The van der Waals surface area contributed by atoms with Gasteiger partial charge in [0.2, 0.25) is 0 Å². The normalized spacial score (nSPS) is 14.9. The lowest BCUT2D eigenvalue weighted by Crippen LogP contribution is -2.46. The molecule has 2 saturated heterocycles. The fourth-order valence-corrected chi connectivity index (χ4v) is 5.43. The van der Waals surface area contributed by atoms with Gasteiger partial charge in [-0.3, -0.25) is 19.3 Å². The van der Waals surface area contributed by atoms with E-state index in [0.717, 1.165) is 93.5 Å². The molecule has 0 radical (unpaired) electrons. The Balaban J connectivity index is 0.000000170. The van der Waals surface area contributed by atoms with E-state index in [1.807, 2.05) is 32.0 Å². The van der Waals surface area contributed by atoms with E-state index in [9.17, 15) is 14.4 Å². The fourth-order valence-electron chi connectivity index (χ4n) is 5.43. The number of H-pyrrole nitrogens is 2. The van der Waals surface area contributed by atoms with Gasteiger partial charge in [-0.1, -0.05) is 36.4 Å². The van der Waals surface area contributed by atoms with Crippen LogP contribution in [0, 0.1) is 27.7 Å². The molecule has 0 amide bonds. The number of benzene rings is 2. The highest BCUT2D eigenvalue weighted by atomic mass is 16.1. The number of aromatic nitrogens is 4. The third-order valence-corrected chi connectivity index (χ3v) is 8.15. The Kier molecular flexibility index (Phi) is 12.2. The number of hydrogen-bond donors (Lipinski definition) is 3. The summed E-state index contributed by atoms with van der Waals surface area (Å²) in [5.74, 6) is 1.54. The summed E-state index contributed by atoms with van der Waals surface area (Å²) in [6, 6.07) is 15.4. The maximum Gasteiger partial charge on any atom is 0.252 e. The first-order valence-electron chi connectivity index (χ1n) is 15.3. The molecule has 2 aliphatic rings. The zero-order chi connectivity index (χ0) is 32.2. The molecule has 238 valence electrons. The van der Waals surface area contributed by atoms with E-state index in [1.54, 1.807) is 6.07 Å². The zero-order valence-electron chi connectivity index (χ0n) is 26.7. The molecule has 45 heavy (non-hydrogen) atoms. The number of nitrogens with zero attached hydrogens (tertiary/aromatic N) is 5. The van der Waals surface area contributed by atoms with Crippen molar-refractivity contribution in [3.8, 4) is 0 Å². The van der Waals surface area contributed by atoms with E-state index in [4.69, 9.17) is 0 Å². The van der Waals surface area contributed by atoms with Crippen LogP contribution in [0.2, 0.25) is 0 Å². The molecular weight excluding hydrogens is 568 g/mol. The van der Waals surface area contributed by atoms with Crippen molar-refractivity contribution in [2.24, 2.45) is 0 Å². The van der Waals surface area contributed by atoms with Crippen molar-refractivity contribution in [1.29, 1.82) is 0 Å². The van der Waals surface area contributed by atoms with Crippen molar-refractivity contribution >= 4 is 17.9 Å². The molecule has 0 spiro atoms. The Bertz CT molecular complexity index is 1610. The standard InChI is InChI=1S/C17H22N4O.C9H10O.C8H12N4O/c1-13-4-3-5-14(2)15(13)11-20-6-8-21(9-7-20)16-10-17(22)19-12-18-16;1-7-4-3-5-8(2)9(7)6-10;13-8-5-7(10-6-11-8)12-3-1-9-2-4-12/h3-5,10,12H,6-9,11H2,1-2H3,(H,18,19,22);3-6H,1-2H3;5-6,9H,1-4H2,(H,10,11,13). The lowest BCUT2D eigenvalue weighted by atomic mass is 10.0. The van der Waals surface area contributed by atoms with Gasteiger partial charge in [0.15, 0.2) is 6.29 Å². The number of aldehydes is 1. The largest absolute Gasteiger partial charge is 0.354 e. The molecule has 0 atom stereocenters. The van der Waals surface area contributed by atoms with Crippen LogP contribution >= 0.6 is 0 Å². The molecule has 2 fully saturated rings. The highest BCUT2D eigenvalue weighted by Gasteiger charge is 2.19. The highest BCUT2D eigenvalue weighted by molar-refractivity contribution is 5.79. The van der Waals surface area contributed by atoms with Gasteiger partial charge in [0, 0.05) is 76.6 Å². The third-order valence-electron chi connectivity index (χ3n) is 8.15. The molecule has 11 heteroatoms. The van der Waals surface area contributed by atoms with Crippen LogP contribution in [0.3, 0.4) is 0 Å². The van der Waals surface area contributed by atoms with Crippen LogP contribution in [0.25, 0.3) is 0 Å². The Morgan fingerprint density at radius 3 is 1.60 bits per heavy atom. The smallest absolute Gasteiger partial charge is 0.252 e. The maximum atomic E-state index is 11.4. The first kappa shape index (κ1) is 33.3. The Labute approximate surface area is 264 Å². The van der Waals surface area contributed by atoms with Gasteiger partial charge in [-0.05, 0) is 55.5 Å². The predicted molar refractivity (Wildman–Crippen MR) is 180 cm³/mol. The number of aryl methyl sites for hydroxylation is 4. The van der Waals surface area contributed by atoms with Gasteiger partial charge in [-0.15, -0.1) is 0 Å². The molecule has 2 aromatic carbocycles. The first-order valence-corrected chi connectivity index (χ1v) is 15.3. The van der Waals surface area contributed by atoms with Crippen LogP contribution in [0.1, 0.15) is 38.2 Å². The molecule has 4 heterocycles. The minimum Gasteiger partial charge on any atom is -0.354 e. The van der Waals surface area contributed by atoms with Crippen LogP contribution < -0.4 is 26.2 Å². The first-order chi connectivity index (χ1) is 21.7. The zero-order valence-corrected chi connectivity index (χ0v) is 26.7. The number of rotatable bonds is 5. The summed E-state index contributed by atoms with van der Waals surface area (Å²) in [5, 5.41) is 3.24. The van der Waals surface area contributed by atoms with Gasteiger partial charge in [-0.25, -0.2) is 9.97 Å². The third kappa shape index (κ3) is 9.69. The van der Waals surface area contributed by atoms with Gasteiger partial charge in [0.05, 0.1) is 12.7 Å². The number of carbonyl (C=O) groups excluding carboxylic acids is 1. The molecule has 3 N–H and O–H groups in total. The van der Waals surface area contributed by atoms with E-state index >= 15 is 0 Å². The van der Waals surface area contributed by atoms with Crippen LogP contribution in [-0.4, -0.2) is 83.5 Å². The van der Waals surface area contributed by atoms with Crippen molar-refractivity contribution in [3.05, 3.63) is 115 Å². The lowest BCUT2D eigenvalue weighted by Gasteiger charge is -2.35. The van der Waals surface area contributed by atoms with E-state index < -0.39 is 0 Å². The van der Waals surface area contributed by atoms with Gasteiger partial charge in [-0.2, -0.15) is 0 Å². The highest BCUT2D eigenvalue weighted by Crippen LogP contribution is 2.18. The number of hydrogen-bond acceptors (Lipinski definition) is 9.